The Morgan fingerprint density at radius 2 is 1.98 bits per heavy atom. The summed E-state index contributed by atoms with van der Waals surface area (Å²) in [5, 5.41) is 14.8. The van der Waals surface area contributed by atoms with Crippen LogP contribution in [0.15, 0.2) is 22.7 Å². The minimum atomic E-state index is -0.434. The Hall–Kier alpha value is -3.76. The molecule has 4 atom stereocenters. The molecule has 3 saturated heterocycles. The molecular weight excluding hydrogens is 596 g/mol. The number of methoxy groups -OCH3 is 1. The van der Waals surface area contributed by atoms with Crippen LogP contribution in [0.2, 0.25) is 0 Å². The van der Waals surface area contributed by atoms with Crippen LogP contribution in [0, 0.1) is 11.3 Å². The smallest absolute Gasteiger partial charge is 0.219 e. The van der Waals surface area contributed by atoms with E-state index in [0.717, 1.165) is 87.4 Å². The monoisotopic (exact) mass is 640 g/mol. The number of rotatable bonds is 6. The number of aryl methyl sites for hydroxylation is 1. The Balaban J connectivity index is 1.20. The summed E-state index contributed by atoms with van der Waals surface area (Å²) in [4.78, 5) is 17.2. The van der Waals surface area contributed by atoms with Crippen LogP contribution in [0.25, 0.3) is 11.5 Å². The molecule has 3 fully saturated rings. The lowest BCUT2D eigenvalue weighted by molar-refractivity contribution is -0.134. The molecule has 0 radical (unpaired) electrons. The Labute approximate surface area is 275 Å². The average molecular weight is 641 g/mol. The van der Waals surface area contributed by atoms with Gasteiger partial charge >= 0.3 is 0 Å². The van der Waals surface area contributed by atoms with E-state index in [-0.39, 0.29) is 23.8 Å². The third-order valence-electron chi connectivity index (χ3n) is 11.7. The second kappa shape index (κ2) is 11.4. The summed E-state index contributed by atoms with van der Waals surface area (Å²) in [5.74, 6) is 2.65. The second-order valence-electron chi connectivity index (χ2n) is 14.3. The summed E-state index contributed by atoms with van der Waals surface area (Å²) in [6.07, 6.45) is 5.24. The van der Waals surface area contributed by atoms with Crippen LogP contribution >= 0.6 is 0 Å². The molecule has 5 heterocycles. The van der Waals surface area contributed by atoms with Crippen molar-refractivity contribution in [2.24, 2.45) is 0 Å². The van der Waals surface area contributed by atoms with E-state index < -0.39 is 5.41 Å². The number of fused-ring (bicyclic) bond motifs is 4. The molecule has 2 aromatic heterocycles. The minimum absolute atomic E-state index is 0.0223. The van der Waals surface area contributed by atoms with Crippen molar-refractivity contribution in [1.29, 1.82) is 5.26 Å². The van der Waals surface area contributed by atoms with Gasteiger partial charge in [0, 0.05) is 50.6 Å². The molecule has 248 valence electrons. The van der Waals surface area contributed by atoms with E-state index in [2.05, 4.69) is 53.0 Å². The van der Waals surface area contributed by atoms with Crippen LogP contribution in [0.5, 0.6) is 5.88 Å². The van der Waals surface area contributed by atoms with E-state index in [4.69, 9.17) is 34.4 Å². The first-order chi connectivity index (χ1) is 22.8. The topological polar surface area (TPSA) is 139 Å². The van der Waals surface area contributed by atoms with Crippen molar-refractivity contribution in [3.8, 4) is 23.5 Å². The summed E-state index contributed by atoms with van der Waals surface area (Å²) in [6, 6.07) is 8.39. The van der Waals surface area contributed by atoms with Gasteiger partial charge in [0.1, 0.15) is 18.0 Å². The predicted molar refractivity (Wildman–Crippen MR) is 175 cm³/mol. The predicted octanol–water partition coefficient (Wildman–Crippen LogP) is 3.16. The van der Waals surface area contributed by atoms with E-state index in [1.165, 1.54) is 5.56 Å². The van der Waals surface area contributed by atoms with Crippen LogP contribution < -0.4 is 15.4 Å². The molecule has 4 unspecified atom stereocenters. The molecular formula is C35H44N8O4. The number of nitrogens with two attached hydrogens (primary N) is 1. The van der Waals surface area contributed by atoms with Crippen molar-refractivity contribution in [3.63, 3.8) is 0 Å². The number of hydrogen-bond donors (Lipinski definition) is 1. The van der Waals surface area contributed by atoms with Gasteiger partial charge in [0.05, 0.1) is 41.9 Å². The normalized spacial score (nSPS) is 27.4. The number of likely N-dealkylation sites (N-methyl/N-ethyl adjacent to an activating group) is 2. The number of aromatic nitrogens is 3. The summed E-state index contributed by atoms with van der Waals surface area (Å²) in [7, 11) is 6.07. The summed E-state index contributed by atoms with van der Waals surface area (Å²) >= 11 is 0. The number of benzene rings is 1. The first-order valence-electron chi connectivity index (χ1n) is 16.9. The fourth-order valence-electron chi connectivity index (χ4n) is 9.02. The maximum absolute atomic E-state index is 10.2. The lowest BCUT2D eigenvalue weighted by Crippen LogP contribution is -2.70. The van der Waals surface area contributed by atoms with Gasteiger partial charge in [-0.15, -0.1) is 0 Å². The van der Waals surface area contributed by atoms with Gasteiger partial charge in [0.25, 0.3) is 0 Å². The van der Waals surface area contributed by atoms with E-state index in [1.54, 1.807) is 7.11 Å². The fourth-order valence-corrected chi connectivity index (χ4v) is 9.02. The van der Waals surface area contributed by atoms with Crippen LogP contribution in [-0.2, 0) is 27.7 Å². The molecule has 12 heteroatoms. The number of nitrogens with zero attached hydrogens (tertiary/aromatic N) is 7. The van der Waals surface area contributed by atoms with Crippen LogP contribution in [-0.4, -0.2) is 109 Å². The maximum Gasteiger partial charge on any atom is 0.219 e. The molecule has 8 rings (SSSR count). The maximum atomic E-state index is 10.2. The Bertz CT molecular complexity index is 1730. The van der Waals surface area contributed by atoms with E-state index in [9.17, 15) is 5.26 Å². The highest BCUT2D eigenvalue weighted by molar-refractivity contribution is 5.68. The molecule has 3 aromatic rings. The molecule has 12 nitrogen and oxygen atoms in total. The molecule has 2 aliphatic carbocycles. The van der Waals surface area contributed by atoms with Gasteiger partial charge in [-0.2, -0.15) is 10.2 Å². The lowest BCUT2D eigenvalue weighted by Gasteiger charge is -2.54. The number of nitriles is 1. The first-order valence-corrected chi connectivity index (χ1v) is 16.9. The van der Waals surface area contributed by atoms with Gasteiger partial charge in [-0.25, -0.2) is 4.98 Å². The van der Waals surface area contributed by atoms with E-state index in [1.807, 2.05) is 12.1 Å². The average Bonchev–Trinajstić information content (AvgIpc) is 3.76. The zero-order valence-corrected chi connectivity index (χ0v) is 27.8. The molecule has 0 saturated carbocycles. The third-order valence-corrected chi connectivity index (χ3v) is 11.7. The second-order valence-corrected chi connectivity index (χ2v) is 14.3. The summed E-state index contributed by atoms with van der Waals surface area (Å²) in [6.45, 7) is 7.01. The molecule has 5 aliphatic rings. The standard InChI is InChI=1S/C35H44N8O4/c1-21(31-26(44-4)10-13-41(31)2)46-28-16-27(43-15-14-42(3)34(18-43)19-45-20-34)38-33(39-28)30-23-6-5-11-35(32(23)47-40-30)12-9-22-7-8-25(37)24(17-36)29(22)35/h7-8,16,21,26,31H,5-6,9-15,18-20,37H2,1-4H3. The number of likely N-dealkylation sites (tertiary alicyclic amines) is 1. The van der Waals surface area contributed by atoms with Crippen molar-refractivity contribution in [3.05, 3.63) is 46.2 Å². The number of anilines is 2. The molecule has 0 bridgehead atoms. The van der Waals surface area contributed by atoms with Gasteiger partial charge in [0.2, 0.25) is 5.88 Å². The molecule has 0 amide bonds. The van der Waals surface area contributed by atoms with Crippen molar-refractivity contribution in [1.82, 2.24) is 24.9 Å². The van der Waals surface area contributed by atoms with Crippen LogP contribution in [0.1, 0.15) is 60.6 Å². The van der Waals surface area contributed by atoms with Gasteiger partial charge in [-0.3, -0.25) is 9.80 Å². The quantitative estimate of drug-likeness (QED) is 0.396. The molecule has 2 spiro atoms. The Morgan fingerprint density at radius 3 is 2.74 bits per heavy atom. The number of nitrogen functional groups attached to an aromatic ring is 1. The highest BCUT2D eigenvalue weighted by Crippen LogP contribution is 2.54. The van der Waals surface area contributed by atoms with Crippen molar-refractivity contribution < 1.29 is 18.7 Å². The largest absolute Gasteiger partial charge is 0.473 e. The number of piperazine rings is 1. The number of hydrogen-bond acceptors (Lipinski definition) is 12. The summed E-state index contributed by atoms with van der Waals surface area (Å²) < 4.78 is 24.5. The van der Waals surface area contributed by atoms with Crippen LogP contribution in [0.3, 0.4) is 0 Å². The SMILES string of the molecule is COC1CCN(C)C1C(C)Oc1cc(N2CCN(C)C3(COC3)C2)nc(-c2noc3c2CCCC32CCc3ccc(N)c(C#N)c32)n1. The van der Waals surface area contributed by atoms with E-state index in [0.29, 0.717) is 41.9 Å². The van der Waals surface area contributed by atoms with Crippen molar-refractivity contribution >= 4 is 11.5 Å². The number of ether oxygens (including phenoxy) is 3. The van der Waals surface area contributed by atoms with E-state index >= 15 is 0 Å². The third kappa shape index (κ3) is 4.73. The van der Waals surface area contributed by atoms with Gasteiger partial charge in [-0.1, -0.05) is 11.2 Å². The Morgan fingerprint density at radius 1 is 1.13 bits per heavy atom. The van der Waals surface area contributed by atoms with Crippen molar-refractivity contribution in [2.75, 3.05) is 71.2 Å². The van der Waals surface area contributed by atoms with Gasteiger partial charge < -0.3 is 29.4 Å². The summed E-state index contributed by atoms with van der Waals surface area (Å²) in [5.41, 5.74) is 10.8. The molecule has 2 N–H and O–H groups in total. The molecule has 47 heavy (non-hydrogen) atoms. The highest BCUT2D eigenvalue weighted by Gasteiger charge is 2.50. The van der Waals surface area contributed by atoms with Crippen molar-refractivity contribution in [2.45, 2.75) is 74.7 Å². The highest BCUT2D eigenvalue weighted by atomic mass is 16.5. The van der Waals surface area contributed by atoms with Gasteiger partial charge in [-0.05, 0) is 76.7 Å². The first kappa shape index (κ1) is 30.6. The Kier molecular flexibility index (Phi) is 7.44. The van der Waals surface area contributed by atoms with Gasteiger partial charge in [0.15, 0.2) is 17.3 Å². The zero-order valence-electron chi connectivity index (χ0n) is 27.8. The lowest BCUT2D eigenvalue weighted by atomic mass is 9.68. The fraction of sp³-hybridized carbons (Fsp3) is 0.600. The zero-order chi connectivity index (χ0) is 32.5. The molecule has 3 aliphatic heterocycles. The minimum Gasteiger partial charge on any atom is -0.473 e. The van der Waals surface area contributed by atoms with Crippen LogP contribution in [0.4, 0.5) is 11.5 Å². The molecule has 1 aromatic carbocycles.